The van der Waals surface area contributed by atoms with E-state index in [9.17, 15) is 8.42 Å². The first-order valence-corrected chi connectivity index (χ1v) is 5.81. The molecule has 0 bridgehead atoms. The second-order valence-corrected chi connectivity index (χ2v) is 6.31. The monoisotopic (exact) mass is 209 g/mol. The Balaban J connectivity index is 4.21. The van der Waals surface area contributed by atoms with Crippen molar-refractivity contribution in [2.45, 2.75) is 27.2 Å². The minimum atomic E-state index is -3.23. The molecule has 0 radical (unpaired) electrons. The Bertz CT molecular complexity index is 241. The van der Waals surface area contributed by atoms with Gasteiger partial charge in [0.25, 0.3) is 0 Å². The van der Waals surface area contributed by atoms with Crippen LogP contribution in [-0.4, -0.2) is 32.8 Å². The normalized spacial score (nSPS) is 13.7. The van der Waals surface area contributed by atoms with E-state index in [-0.39, 0.29) is 11.2 Å². The van der Waals surface area contributed by atoms with E-state index in [0.717, 1.165) is 4.47 Å². The van der Waals surface area contributed by atoms with Crippen LogP contribution < -0.4 is 0 Å². The SMILES string of the molecule is CON(C)S(=O)(=O)CCC(C)(C)C. The van der Waals surface area contributed by atoms with Gasteiger partial charge in [-0.3, -0.25) is 4.84 Å². The summed E-state index contributed by atoms with van der Waals surface area (Å²) in [5, 5.41) is 0. The van der Waals surface area contributed by atoms with Crippen molar-refractivity contribution in [2.24, 2.45) is 5.41 Å². The van der Waals surface area contributed by atoms with Gasteiger partial charge in [0.1, 0.15) is 0 Å². The van der Waals surface area contributed by atoms with E-state index < -0.39 is 10.0 Å². The van der Waals surface area contributed by atoms with Crippen LogP contribution in [0.1, 0.15) is 27.2 Å². The molecule has 13 heavy (non-hydrogen) atoms. The van der Waals surface area contributed by atoms with Crippen LogP contribution in [0, 0.1) is 5.41 Å². The zero-order chi connectivity index (χ0) is 10.7. The van der Waals surface area contributed by atoms with E-state index in [1.807, 2.05) is 20.8 Å². The maximum atomic E-state index is 11.4. The Morgan fingerprint density at radius 2 is 1.77 bits per heavy atom. The molecule has 0 heterocycles. The predicted molar refractivity (Wildman–Crippen MR) is 52.6 cm³/mol. The van der Waals surface area contributed by atoms with Crippen molar-refractivity contribution in [1.29, 1.82) is 0 Å². The largest absolute Gasteiger partial charge is 0.288 e. The van der Waals surface area contributed by atoms with Crippen LogP contribution in [0.25, 0.3) is 0 Å². The first kappa shape index (κ1) is 12.9. The maximum absolute atomic E-state index is 11.4. The fourth-order valence-corrected chi connectivity index (χ4v) is 2.03. The molecule has 0 N–H and O–H groups in total. The maximum Gasteiger partial charge on any atom is 0.235 e. The molecule has 0 aliphatic heterocycles. The lowest BCUT2D eigenvalue weighted by atomic mass is 9.94. The number of nitrogens with zero attached hydrogens (tertiary/aromatic N) is 1. The van der Waals surface area contributed by atoms with Gasteiger partial charge in [0.05, 0.1) is 12.9 Å². The number of rotatable bonds is 4. The predicted octanol–water partition coefficient (Wildman–Crippen LogP) is 1.25. The molecular weight excluding hydrogens is 190 g/mol. The fraction of sp³-hybridized carbons (Fsp3) is 1.00. The van der Waals surface area contributed by atoms with Gasteiger partial charge in [0.2, 0.25) is 10.0 Å². The highest BCUT2D eigenvalue weighted by Gasteiger charge is 2.21. The number of hydrogen-bond donors (Lipinski definition) is 0. The summed E-state index contributed by atoms with van der Waals surface area (Å²) in [6.45, 7) is 6.03. The highest BCUT2D eigenvalue weighted by Crippen LogP contribution is 2.19. The Morgan fingerprint density at radius 1 is 1.31 bits per heavy atom. The summed E-state index contributed by atoms with van der Waals surface area (Å²) >= 11 is 0. The molecule has 0 aliphatic carbocycles. The van der Waals surface area contributed by atoms with Crippen molar-refractivity contribution in [2.75, 3.05) is 19.9 Å². The van der Waals surface area contributed by atoms with E-state index in [1.54, 1.807) is 0 Å². The van der Waals surface area contributed by atoms with E-state index in [2.05, 4.69) is 4.84 Å². The van der Waals surface area contributed by atoms with Crippen molar-refractivity contribution in [3.8, 4) is 0 Å². The van der Waals surface area contributed by atoms with Crippen LogP contribution in [-0.2, 0) is 14.9 Å². The molecule has 0 fully saturated rings. The third kappa shape index (κ3) is 5.23. The molecule has 0 aromatic rings. The summed E-state index contributed by atoms with van der Waals surface area (Å²) in [6, 6.07) is 0. The Hall–Kier alpha value is -0.130. The van der Waals surface area contributed by atoms with E-state index in [4.69, 9.17) is 0 Å². The molecule has 0 atom stereocenters. The second-order valence-electron chi connectivity index (χ2n) is 4.22. The van der Waals surface area contributed by atoms with E-state index in [1.165, 1.54) is 14.2 Å². The summed E-state index contributed by atoms with van der Waals surface area (Å²) in [7, 11) is -0.490. The molecule has 0 amide bonds. The summed E-state index contributed by atoms with van der Waals surface area (Å²) in [5.41, 5.74) is 0.0294. The highest BCUT2D eigenvalue weighted by molar-refractivity contribution is 7.88. The van der Waals surface area contributed by atoms with Crippen LogP contribution in [0.15, 0.2) is 0 Å². The van der Waals surface area contributed by atoms with Gasteiger partial charge in [-0.1, -0.05) is 25.2 Å². The Morgan fingerprint density at radius 3 is 2.08 bits per heavy atom. The molecule has 0 aliphatic rings. The lowest BCUT2D eigenvalue weighted by Gasteiger charge is -2.20. The van der Waals surface area contributed by atoms with Crippen LogP contribution in [0.3, 0.4) is 0 Å². The van der Waals surface area contributed by atoms with Gasteiger partial charge in [-0.15, -0.1) is 0 Å². The molecule has 5 heteroatoms. The third-order valence-electron chi connectivity index (χ3n) is 1.76. The molecule has 0 saturated carbocycles. The lowest BCUT2D eigenvalue weighted by Crippen LogP contribution is -2.29. The molecule has 0 aromatic carbocycles. The van der Waals surface area contributed by atoms with Crippen LogP contribution in [0.2, 0.25) is 0 Å². The van der Waals surface area contributed by atoms with Crippen molar-refractivity contribution in [1.82, 2.24) is 4.47 Å². The zero-order valence-corrected chi connectivity index (χ0v) is 9.81. The minimum Gasteiger partial charge on any atom is -0.288 e. The van der Waals surface area contributed by atoms with Crippen LogP contribution in [0.5, 0.6) is 0 Å². The van der Waals surface area contributed by atoms with Crippen molar-refractivity contribution in [3.05, 3.63) is 0 Å². The molecular formula is C8H19NO3S. The fourth-order valence-electron chi connectivity index (χ4n) is 0.677. The standard InChI is InChI=1S/C8H19NO3S/c1-8(2,3)6-7-13(10,11)9(4)12-5/h6-7H2,1-5H3. The van der Waals surface area contributed by atoms with E-state index in [0.29, 0.717) is 6.42 Å². The summed E-state index contributed by atoms with van der Waals surface area (Å²) < 4.78 is 23.7. The zero-order valence-electron chi connectivity index (χ0n) is 8.99. The Kier molecular flexibility index (Phi) is 4.35. The number of hydrogen-bond acceptors (Lipinski definition) is 3. The van der Waals surface area contributed by atoms with Gasteiger partial charge in [-0.25, -0.2) is 8.42 Å². The topological polar surface area (TPSA) is 46.6 Å². The average molecular weight is 209 g/mol. The summed E-state index contributed by atoms with van der Waals surface area (Å²) in [6.07, 6.45) is 0.628. The molecule has 0 spiro atoms. The van der Waals surface area contributed by atoms with Gasteiger partial charge in [0, 0.05) is 7.05 Å². The van der Waals surface area contributed by atoms with Crippen molar-refractivity contribution < 1.29 is 13.3 Å². The lowest BCUT2D eigenvalue weighted by molar-refractivity contribution is -0.0259. The first-order chi connectivity index (χ1) is 5.69. The van der Waals surface area contributed by atoms with Gasteiger partial charge < -0.3 is 0 Å². The average Bonchev–Trinajstić information content (AvgIpc) is 1.98. The molecule has 0 rings (SSSR count). The number of sulfonamides is 1. The quantitative estimate of drug-likeness (QED) is 0.655. The minimum absolute atomic E-state index is 0.0294. The van der Waals surface area contributed by atoms with Crippen molar-refractivity contribution >= 4 is 10.0 Å². The molecule has 0 aromatic heterocycles. The number of hydroxylamine groups is 1. The highest BCUT2D eigenvalue weighted by atomic mass is 32.2. The van der Waals surface area contributed by atoms with Crippen LogP contribution >= 0.6 is 0 Å². The van der Waals surface area contributed by atoms with Crippen molar-refractivity contribution in [3.63, 3.8) is 0 Å². The third-order valence-corrected chi connectivity index (χ3v) is 3.41. The van der Waals surface area contributed by atoms with Gasteiger partial charge in [-0.2, -0.15) is 0 Å². The Labute approximate surface area is 80.9 Å². The van der Waals surface area contributed by atoms with Crippen LogP contribution in [0.4, 0.5) is 0 Å². The van der Waals surface area contributed by atoms with Gasteiger partial charge in [0.15, 0.2) is 0 Å². The molecule has 0 unspecified atom stereocenters. The van der Waals surface area contributed by atoms with E-state index >= 15 is 0 Å². The first-order valence-electron chi connectivity index (χ1n) is 4.20. The second kappa shape index (κ2) is 4.39. The van der Waals surface area contributed by atoms with Gasteiger partial charge in [-0.05, 0) is 11.8 Å². The van der Waals surface area contributed by atoms with Gasteiger partial charge >= 0.3 is 0 Å². The summed E-state index contributed by atoms with van der Waals surface area (Å²) in [4.78, 5) is 4.63. The smallest absolute Gasteiger partial charge is 0.235 e. The molecule has 0 saturated heterocycles. The molecule has 4 nitrogen and oxygen atoms in total. The summed E-state index contributed by atoms with van der Waals surface area (Å²) in [5.74, 6) is 0.126. The molecule has 80 valence electrons.